The molecule has 0 bridgehead atoms. The number of benzene rings is 2. The van der Waals surface area contributed by atoms with Crippen LogP contribution in [-0.2, 0) is 17.1 Å². The molecule has 1 saturated heterocycles. The number of aryl methyl sites for hydroxylation is 1. The maximum Gasteiger partial charge on any atom is 2.00 e. The molecule has 252 valence electrons. The van der Waals surface area contributed by atoms with Gasteiger partial charge < -0.3 is 19.5 Å². The van der Waals surface area contributed by atoms with Crippen LogP contribution in [0.2, 0.25) is 0 Å². The van der Waals surface area contributed by atoms with Crippen LogP contribution in [0, 0.1) is 80.7 Å². The van der Waals surface area contributed by atoms with E-state index in [0.717, 1.165) is 93.1 Å². The zero-order chi connectivity index (χ0) is 33.1. The van der Waals surface area contributed by atoms with Crippen LogP contribution in [0.15, 0.2) is 59.7 Å². The number of non-ortho nitro benzene ring substituents is 1. The molecular weight excluding hydrogens is 654 g/mol. The Morgan fingerprint density at radius 3 is 2.27 bits per heavy atom. The standard InChI is InChI=1S/C34H38N7O2.C5H5.Fe/c1-26-25-40-31-14-5-4-13-30(31)37-34(33(40)32(26)28-10-2-3-11-28)36-16-8-18-39-21-19-38(20-22-39)17-7-15-35-24-27-9-6-12-29(23-27)41(42)43;1-2-4-5-3-1;/h2-6,9-14,23-25H,7-8,15-22H2,1H3,(H,36,37);1-5H;/q;;+2. The van der Waals surface area contributed by atoms with E-state index in [1.165, 1.54) is 23.1 Å². The molecule has 3 fully saturated rings. The van der Waals surface area contributed by atoms with Gasteiger partial charge in [0, 0.05) is 69.7 Å². The molecule has 2 saturated carbocycles. The van der Waals surface area contributed by atoms with Crippen LogP contribution < -0.4 is 5.32 Å². The van der Waals surface area contributed by atoms with Gasteiger partial charge in [-0.25, -0.2) is 4.98 Å². The Labute approximate surface area is 302 Å². The summed E-state index contributed by atoms with van der Waals surface area (Å²) in [4.78, 5) is 25.2. The van der Waals surface area contributed by atoms with Crippen LogP contribution >= 0.6 is 0 Å². The number of para-hydroxylation sites is 2. The number of nitro groups is 1. The SMILES string of the molecule is Cc1cn2c(c(NCCCN3CCN(CCCN=Cc4cccc([N+](=O)[O-])c4)CC3)nc3ccccc32)c1[C]1[CH][CH][CH][CH]1.[CH]1[CH][CH][CH][CH]1.[Fe+2]. The first-order valence-electron chi connectivity index (χ1n) is 16.8. The zero-order valence-electron chi connectivity index (χ0n) is 27.9. The van der Waals surface area contributed by atoms with Crippen molar-refractivity contribution in [2.75, 3.05) is 57.7 Å². The van der Waals surface area contributed by atoms with Gasteiger partial charge in [-0.2, -0.15) is 0 Å². The molecule has 3 aliphatic rings. The van der Waals surface area contributed by atoms with Gasteiger partial charge in [0.05, 0.1) is 21.5 Å². The summed E-state index contributed by atoms with van der Waals surface area (Å²) in [5.41, 5.74) is 6.62. The summed E-state index contributed by atoms with van der Waals surface area (Å²) in [7, 11) is 0. The molecule has 2 aromatic heterocycles. The van der Waals surface area contributed by atoms with Crippen molar-refractivity contribution in [1.29, 1.82) is 0 Å². The topological polar surface area (TPSA) is 91.3 Å². The molecule has 49 heavy (non-hydrogen) atoms. The van der Waals surface area contributed by atoms with Gasteiger partial charge >= 0.3 is 17.1 Å². The molecule has 10 heteroatoms. The number of hydrogen-bond acceptors (Lipinski definition) is 7. The van der Waals surface area contributed by atoms with Crippen LogP contribution in [0.4, 0.5) is 11.5 Å². The van der Waals surface area contributed by atoms with Gasteiger partial charge in [0.1, 0.15) is 0 Å². The molecule has 10 radical (unpaired) electrons. The fourth-order valence-electron chi connectivity index (χ4n) is 6.36. The molecule has 0 unspecified atom stereocenters. The van der Waals surface area contributed by atoms with Gasteiger partial charge in [-0.05, 0) is 119 Å². The van der Waals surface area contributed by atoms with E-state index in [1.54, 1.807) is 18.3 Å². The van der Waals surface area contributed by atoms with Crippen LogP contribution in [0.25, 0.3) is 16.6 Å². The summed E-state index contributed by atoms with van der Waals surface area (Å²) in [6, 6.07) is 14.9. The summed E-state index contributed by atoms with van der Waals surface area (Å²) in [6.07, 6.45) is 24.5. The fraction of sp³-hybridized carbons (Fsp3) is 0.282. The number of aromatic nitrogens is 2. The summed E-state index contributed by atoms with van der Waals surface area (Å²) < 4.78 is 2.29. The fourth-order valence-corrected chi connectivity index (χ4v) is 6.36. The number of nitro benzene ring substituents is 1. The number of fused-ring (bicyclic) bond motifs is 3. The molecule has 0 spiro atoms. The van der Waals surface area contributed by atoms with Gasteiger partial charge in [-0.15, -0.1) is 0 Å². The van der Waals surface area contributed by atoms with Crippen molar-refractivity contribution in [2.24, 2.45) is 4.99 Å². The number of aliphatic imine (C=N–C) groups is 1. The molecule has 1 aliphatic heterocycles. The Balaban J connectivity index is 0.000000717. The van der Waals surface area contributed by atoms with E-state index in [9.17, 15) is 10.1 Å². The van der Waals surface area contributed by atoms with E-state index in [2.05, 4.69) is 81.5 Å². The van der Waals surface area contributed by atoms with E-state index in [4.69, 9.17) is 4.98 Å². The summed E-state index contributed by atoms with van der Waals surface area (Å²) in [5, 5.41) is 14.6. The molecule has 0 atom stereocenters. The monoisotopic (exact) mass is 697 g/mol. The Kier molecular flexibility index (Phi) is 14.1. The van der Waals surface area contributed by atoms with E-state index in [-0.39, 0.29) is 27.7 Å². The minimum Gasteiger partial charge on any atom is -0.368 e. The predicted octanol–water partition coefficient (Wildman–Crippen LogP) is 6.41. The van der Waals surface area contributed by atoms with Gasteiger partial charge in [0.25, 0.3) is 5.69 Å². The minimum atomic E-state index is -0.376. The third-order valence-corrected chi connectivity index (χ3v) is 8.79. The normalized spacial score (nSPS) is 17.4. The first-order chi connectivity index (χ1) is 23.6. The number of nitrogens with zero attached hydrogens (tertiary/aromatic N) is 6. The van der Waals surface area contributed by atoms with Crippen LogP contribution in [0.3, 0.4) is 0 Å². The van der Waals surface area contributed by atoms with Gasteiger partial charge in [0.2, 0.25) is 0 Å². The summed E-state index contributed by atoms with van der Waals surface area (Å²) in [6.45, 7) is 10.2. The molecule has 2 aromatic carbocycles. The molecule has 1 N–H and O–H groups in total. The number of nitrogens with one attached hydrogen (secondary N) is 1. The van der Waals surface area contributed by atoms with Gasteiger partial charge in [-0.3, -0.25) is 15.1 Å². The summed E-state index contributed by atoms with van der Waals surface area (Å²) >= 11 is 0. The van der Waals surface area contributed by atoms with Gasteiger partial charge in [0.15, 0.2) is 5.82 Å². The van der Waals surface area contributed by atoms with Crippen molar-refractivity contribution < 1.29 is 22.0 Å². The van der Waals surface area contributed by atoms with Crippen molar-refractivity contribution in [3.63, 3.8) is 0 Å². The Morgan fingerprint density at radius 2 is 1.57 bits per heavy atom. The molecule has 7 rings (SSSR count). The first-order valence-corrected chi connectivity index (χ1v) is 16.8. The molecule has 3 heterocycles. The maximum absolute atomic E-state index is 10.9. The van der Waals surface area contributed by atoms with Crippen LogP contribution in [-0.4, -0.2) is 82.7 Å². The second-order valence-electron chi connectivity index (χ2n) is 12.2. The second kappa shape index (κ2) is 18.6. The zero-order valence-corrected chi connectivity index (χ0v) is 29.0. The van der Waals surface area contributed by atoms with E-state index in [1.807, 2.05) is 44.2 Å². The Hall–Kier alpha value is -3.30. The first kappa shape index (κ1) is 37.0. The largest absolute Gasteiger partial charge is 2.00 e. The molecule has 4 aromatic rings. The van der Waals surface area contributed by atoms with E-state index in [0.29, 0.717) is 0 Å². The van der Waals surface area contributed by atoms with Crippen LogP contribution in [0.1, 0.15) is 29.5 Å². The van der Waals surface area contributed by atoms with Crippen molar-refractivity contribution in [3.8, 4) is 0 Å². The molecule has 2 aliphatic carbocycles. The Bertz CT molecular complexity index is 1660. The van der Waals surface area contributed by atoms with E-state index >= 15 is 0 Å². The number of piperazine rings is 1. The maximum atomic E-state index is 10.9. The third-order valence-electron chi connectivity index (χ3n) is 8.79. The Morgan fingerprint density at radius 1 is 0.898 bits per heavy atom. The smallest absolute Gasteiger partial charge is 0.368 e. The molecular formula is C39H43FeN7O2+2. The minimum absolute atomic E-state index is 0. The quantitative estimate of drug-likeness (QED) is 0.0606. The second-order valence-corrected chi connectivity index (χ2v) is 12.2. The van der Waals surface area contributed by atoms with Crippen molar-refractivity contribution in [2.45, 2.75) is 19.8 Å². The predicted molar refractivity (Wildman–Crippen MR) is 195 cm³/mol. The number of anilines is 1. The van der Waals surface area contributed by atoms with E-state index < -0.39 is 0 Å². The van der Waals surface area contributed by atoms with Crippen molar-refractivity contribution in [3.05, 3.63) is 145 Å². The molecule has 0 amide bonds. The van der Waals surface area contributed by atoms with Gasteiger partial charge in [-0.1, -0.05) is 24.3 Å². The third kappa shape index (κ3) is 9.91. The van der Waals surface area contributed by atoms with Crippen molar-refractivity contribution >= 4 is 34.3 Å². The molecule has 9 nitrogen and oxygen atoms in total. The van der Waals surface area contributed by atoms with Crippen LogP contribution in [0.5, 0.6) is 0 Å². The average Bonchev–Trinajstić information content (AvgIpc) is 3.91. The van der Waals surface area contributed by atoms with Crippen molar-refractivity contribution in [1.82, 2.24) is 19.2 Å². The number of hydrogen-bond donors (Lipinski definition) is 1. The summed E-state index contributed by atoms with van der Waals surface area (Å²) in [5.74, 6) is 2.17. The number of rotatable bonds is 12. The average molecular weight is 698 g/mol.